The molecule has 0 saturated carbocycles. The number of hydrogen-bond acceptors (Lipinski definition) is 3. The lowest BCUT2D eigenvalue weighted by Crippen LogP contribution is -2.24. The predicted molar refractivity (Wildman–Crippen MR) is 50.2 cm³/mol. The van der Waals surface area contributed by atoms with E-state index >= 15 is 0 Å². The third-order valence-electron chi connectivity index (χ3n) is 2.24. The van der Waals surface area contributed by atoms with Crippen LogP contribution >= 0.6 is 11.3 Å². The number of rotatable bonds is 2. The molecule has 1 aliphatic heterocycles. The Morgan fingerprint density at radius 2 is 2.58 bits per heavy atom. The lowest BCUT2D eigenvalue weighted by atomic mass is 10.1. The van der Waals surface area contributed by atoms with Crippen molar-refractivity contribution in [3.63, 3.8) is 0 Å². The van der Waals surface area contributed by atoms with Gasteiger partial charge in [0.25, 0.3) is 0 Å². The summed E-state index contributed by atoms with van der Waals surface area (Å²) in [6, 6.07) is 4.21. The van der Waals surface area contributed by atoms with E-state index < -0.39 is 0 Å². The Morgan fingerprint density at radius 1 is 1.67 bits per heavy atom. The minimum atomic E-state index is 0.0903. The second kappa shape index (κ2) is 3.56. The maximum atomic E-state index is 6.03. The summed E-state index contributed by atoms with van der Waals surface area (Å²) < 4.78 is 5.52. The van der Waals surface area contributed by atoms with Gasteiger partial charge in [0.1, 0.15) is 0 Å². The first kappa shape index (κ1) is 8.23. The quantitative estimate of drug-likeness (QED) is 0.760. The predicted octanol–water partition coefficient (Wildman–Crippen LogP) is 1.93. The molecule has 0 radical (unpaired) electrons. The molecule has 1 saturated heterocycles. The van der Waals surface area contributed by atoms with E-state index in [1.165, 1.54) is 4.88 Å². The zero-order chi connectivity index (χ0) is 8.39. The molecule has 1 aromatic rings. The molecule has 2 atom stereocenters. The van der Waals surface area contributed by atoms with E-state index in [0.29, 0.717) is 0 Å². The summed E-state index contributed by atoms with van der Waals surface area (Å²) in [6.45, 7) is 0.879. The van der Waals surface area contributed by atoms with Crippen LogP contribution < -0.4 is 5.73 Å². The maximum absolute atomic E-state index is 6.03. The van der Waals surface area contributed by atoms with Gasteiger partial charge in [-0.2, -0.15) is 0 Å². The van der Waals surface area contributed by atoms with Gasteiger partial charge in [0.15, 0.2) is 0 Å². The van der Waals surface area contributed by atoms with Crippen molar-refractivity contribution in [3.8, 4) is 0 Å². The molecule has 0 spiro atoms. The average Bonchev–Trinajstić information content (AvgIpc) is 2.77. The zero-order valence-corrected chi connectivity index (χ0v) is 7.72. The van der Waals surface area contributed by atoms with Crippen LogP contribution in [0.4, 0.5) is 0 Å². The fraction of sp³-hybridized carbons (Fsp3) is 0.556. The van der Waals surface area contributed by atoms with Crippen LogP contribution in [0.2, 0.25) is 0 Å². The summed E-state index contributed by atoms with van der Waals surface area (Å²) in [5, 5.41) is 2.06. The molecule has 66 valence electrons. The van der Waals surface area contributed by atoms with Crippen LogP contribution in [0.15, 0.2) is 17.5 Å². The molecule has 0 aliphatic carbocycles. The average molecular weight is 183 g/mol. The highest BCUT2D eigenvalue weighted by Gasteiger charge is 2.24. The first-order valence-electron chi connectivity index (χ1n) is 4.28. The summed E-state index contributed by atoms with van der Waals surface area (Å²) >= 11 is 1.71. The zero-order valence-electron chi connectivity index (χ0n) is 6.90. The summed E-state index contributed by atoms with van der Waals surface area (Å²) in [6.07, 6.45) is 2.52. The minimum Gasteiger partial charge on any atom is -0.376 e. The molecule has 2 nitrogen and oxygen atoms in total. The molecule has 1 aliphatic rings. The molecule has 1 fully saturated rings. The van der Waals surface area contributed by atoms with E-state index in [4.69, 9.17) is 10.5 Å². The molecule has 2 unspecified atom stereocenters. The van der Waals surface area contributed by atoms with Crippen LogP contribution in [0.25, 0.3) is 0 Å². The van der Waals surface area contributed by atoms with Gasteiger partial charge in [0.2, 0.25) is 0 Å². The Morgan fingerprint density at radius 3 is 3.17 bits per heavy atom. The van der Waals surface area contributed by atoms with Crippen LogP contribution in [-0.4, -0.2) is 12.7 Å². The highest BCUT2D eigenvalue weighted by atomic mass is 32.1. The van der Waals surface area contributed by atoms with Crippen molar-refractivity contribution >= 4 is 11.3 Å². The summed E-state index contributed by atoms with van der Waals surface area (Å²) in [5.41, 5.74) is 6.03. The van der Waals surface area contributed by atoms with E-state index in [1.807, 2.05) is 6.07 Å². The Hall–Kier alpha value is -0.380. The van der Waals surface area contributed by atoms with Crippen molar-refractivity contribution in [1.82, 2.24) is 0 Å². The van der Waals surface area contributed by atoms with E-state index in [2.05, 4.69) is 11.4 Å². The number of ether oxygens (including phenoxy) is 1. The van der Waals surface area contributed by atoms with Crippen molar-refractivity contribution in [1.29, 1.82) is 0 Å². The fourth-order valence-corrected chi connectivity index (χ4v) is 2.33. The van der Waals surface area contributed by atoms with Crippen LogP contribution in [0, 0.1) is 0 Å². The van der Waals surface area contributed by atoms with Crippen molar-refractivity contribution in [3.05, 3.63) is 22.4 Å². The SMILES string of the molecule is NC(c1cccs1)C1CCCO1. The molecular weight excluding hydrogens is 170 g/mol. The van der Waals surface area contributed by atoms with Crippen molar-refractivity contribution in [2.75, 3.05) is 6.61 Å². The van der Waals surface area contributed by atoms with Crippen molar-refractivity contribution in [2.45, 2.75) is 25.0 Å². The highest BCUT2D eigenvalue weighted by Crippen LogP contribution is 2.27. The maximum Gasteiger partial charge on any atom is 0.0776 e. The summed E-state index contributed by atoms with van der Waals surface area (Å²) in [4.78, 5) is 1.24. The molecule has 3 heteroatoms. The van der Waals surface area contributed by atoms with Gasteiger partial charge >= 0.3 is 0 Å². The van der Waals surface area contributed by atoms with E-state index in [-0.39, 0.29) is 12.1 Å². The third kappa shape index (κ3) is 1.53. The van der Waals surface area contributed by atoms with Gasteiger partial charge in [-0.3, -0.25) is 0 Å². The van der Waals surface area contributed by atoms with Crippen LogP contribution in [0.1, 0.15) is 23.8 Å². The summed E-state index contributed by atoms with van der Waals surface area (Å²) in [7, 11) is 0. The van der Waals surface area contributed by atoms with Gasteiger partial charge in [-0.05, 0) is 24.3 Å². The topological polar surface area (TPSA) is 35.2 Å². The first-order chi connectivity index (χ1) is 5.88. The van der Waals surface area contributed by atoms with Gasteiger partial charge in [-0.1, -0.05) is 6.07 Å². The summed E-state index contributed by atoms with van der Waals surface area (Å²) in [5.74, 6) is 0. The van der Waals surface area contributed by atoms with Gasteiger partial charge < -0.3 is 10.5 Å². The molecule has 0 aromatic carbocycles. The van der Waals surface area contributed by atoms with Crippen molar-refractivity contribution < 1.29 is 4.74 Å². The molecule has 2 heterocycles. The monoisotopic (exact) mass is 183 g/mol. The lowest BCUT2D eigenvalue weighted by molar-refractivity contribution is 0.0909. The largest absolute Gasteiger partial charge is 0.376 e. The molecule has 1 aromatic heterocycles. The van der Waals surface area contributed by atoms with Gasteiger partial charge in [0, 0.05) is 11.5 Å². The fourth-order valence-electron chi connectivity index (χ4n) is 1.55. The highest BCUT2D eigenvalue weighted by molar-refractivity contribution is 7.10. The van der Waals surface area contributed by atoms with E-state index in [1.54, 1.807) is 11.3 Å². The smallest absolute Gasteiger partial charge is 0.0776 e. The van der Waals surface area contributed by atoms with Gasteiger partial charge in [-0.15, -0.1) is 11.3 Å². The first-order valence-corrected chi connectivity index (χ1v) is 5.16. The Labute approximate surface area is 76.3 Å². The second-order valence-corrected chi connectivity index (χ2v) is 4.07. The Balaban J connectivity index is 2.04. The number of thiophene rings is 1. The van der Waals surface area contributed by atoms with Crippen molar-refractivity contribution in [2.24, 2.45) is 5.73 Å². The van der Waals surface area contributed by atoms with Crippen LogP contribution in [0.5, 0.6) is 0 Å². The third-order valence-corrected chi connectivity index (χ3v) is 3.21. The number of nitrogens with two attached hydrogens (primary N) is 1. The van der Waals surface area contributed by atoms with Crippen LogP contribution in [0.3, 0.4) is 0 Å². The second-order valence-electron chi connectivity index (χ2n) is 3.09. The molecule has 2 rings (SSSR count). The van der Waals surface area contributed by atoms with E-state index in [0.717, 1.165) is 19.4 Å². The molecule has 2 N–H and O–H groups in total. The number of hydrogen-bond donors (Lipinski definition) is 1. The van der Waals surface area contributed by atoms with E-state index in [9.17, 15) is 0 Å². The standard InChI is InChI=1S/C9H13NOS/c10-9(7-3-1-5-11-7)8-4-2-6-12-8/h2,4,6-7,9H,1,3,5,10H2. The molecule has 0 amide bonds. The molecule has 12 heavy (non-hydrogen) atoms. The normalized spacial score (nSPS) is 25.9. The minimum absolute atomic E-state index is 0.0903. The molecular formula is C9H13NOS. The van der Waals surface area contributed by atoms with Crippen LogP contribution in [-0.2, 0) is 4.74 Å². The molecule has 0 bridgehead atoms. The lowest BCUT2D eigenvalue weighted by Gasteiger charge is -2.16. The Kier molecular flexibility index (Phi) is 2.44. The van der Waals surface area contributed by atoms with Gasteiger partial charge in [-0.25, -0.2) is 0 Å². The Bertz CT molecular complexity index is 229. The van der Waals surface area contributed by atoms with Gasteiger partial charge in [0.05, 0.1) is 12.1 Å².